The van der Waals surface area contributed by atoms with Crippen LogP contribution in [0.4, 0.5) is 0 Å². The van der Waals surface area contributed by atoms with Crippen molar-refractivity contribution in [3.8, 4) is 11.3 Å². The first-order valence-electron chi connectivity index (χ1n) is 11.1. The smallest absolute Gasteiger partial charge is 0.220 e. The van der Waals surface area contributed by atoms with E-state index in [0.29, 0.717) is 23.8 Å². The minimum atomic E-state index is 0.479. The predicted molar refractivity (Wildman–Crippen MR) is 122 cm³/mol. The molecule has 0 aliphatic rings. The number of hydrogen-bond acceptors (Lipinski definition) is 1. The van der Waals surface area contributed by atoms with Crippen LogP contribution >= 0.6 is 0 Å². The number of benzene rings is 2. The zero-order valence-electron chi connectivity index (χ0n) is 19.6. The van der Waals surface area contributed by atoms with E-state index >= 15 is 0 Å². The van der Waals surface area contributed by atoms with Crippen molar-refractivity contribution in [1.82, 2.24) is 0 Å². The molecule has 0 fully saturated rings. The number of aryl methyl sites for hydroxylation is 1. The zero-order chi connectivity index (χ0) is 21.7. The van der Waals surface area contributed by atoms with Crippen molar-refractivity contribution in [1.29, 1.82) is 0 Å². The summed E-state index contributed by atoms with van der Waals surface area (Å²) in [5, 5.41) is 3.27. The van der Waals surface area contributed by atoms with Gasteiger partial charge in [0.05, 0.1) is 18.6 Å². The normalized spacial score (nSPS) is 12.7. The fraction of sp³-hybridized carbons (Fsp3) is 0.370. The van der Waals surface area contributed by atoms with Gasteiger partial charge in [0.25, 0.3) is 0 Å². The van der Waals surface area contributed by atoms with E-state index < -0.39 is 0 Å². The van der Waals surface area contributed by atoms with Crippen LogP contribution in [-0.4, -0.2) is 0 Å². The van der Waals surface area contributed by atoms with Crippen LogP contribution in [0.2, 0.25) is 0 Å². The minimum absolute atomic E-state index is 0.479. The van der Waals surface area contributed by atoms with Gasteiger partial charge in [-0.25, -0.2) is 0 Å². The number of furan rings is 1. The SMILES string of the molecule is [2H]c1c(C)[n+](C)c(-c2cc3occc3cc2C)c2ccc(C(C(C)C)C(C)C)cc12. The van der Waals surface area contributed by atoms with Crippen molar-refractivity contribution in [2.45, 2.75) is 47.5 Å². The standard InChI is InChI=1S/C27H32NO/c1-16(2)26(17(3)4)21-8-9-23-22(14-21)13-19(6)28(7)27(23)24-15-25-20(10-11-29-25)12-18(24)5/h8-17,26H,1-7H3/q+1/i13D. The Hall–Kier alpha value is -2.61. The molecule has 2 heteroatoms. The summed E-state index contributed by atoms with van der Waals surface area (Å²) in [6.45, 7) is 13.4. The molecule has 150 valence electrons. The summed E-state index contributed by atoms with van der Waals surface area (Å²) in [6, 6.07) is 13.7. The first-order valence-corrected chi connectivity index (χ1v) is 10.6. The van der Waals surface area contributed by atoms with Gasteiger partial charge in [0.2, 0.25) is 5.69 Å². The number of hydrogen-bond donors (Lipinski definition) is 0. The molecule has 2 heterocycles. The van der Waals surface area contributed by atoms with Gasteiger partial charge < -0.3 is 4.42 Å². The van der Waals surface area contributed by atoms with Crippen molar-refractivity contribution >= 4 is 21.7 Å². The molecule has 2 nitrogen and oxygen atoms in total. The van der Waals surface area contributed by atoms with Gasteiger partial charge in [0, 0.05) is 18.4 Å². The van der Waals surface area contributed by atoms with Gasteiger partial charge >= 0.3 is 0 Å². The average Bonchev–Trinajstić information content (AvgIpc) is 3.13. The van der Waals surface area contributed by atoms with Gasteiger partial charge in [0.15, 0.2) is 5.69 Å². The Morgan fingerprint density at radius 3 is 2.34 bits per heavy atom. The zero-order valence-corrected chi connectivity index (χ0v) is 18.6. The van der Waals surface area contributed by atoms with Crippen LogP contribution in [0.15, 0.2) is 53.1 Å². The Labute approximate surface area is 175 Å². The highest BCUT2D eigenvalue weighted by Crippen LogP contribution is 2.36. The highest BCUT2D eigenvalue weighted by Gasteiger charge is 2.24. The maximum absolute atomic E-state index is 8.86. The minimum Gasteiger partial charge on any atom is -0.464 e. The Balaban J connectivity index is 2.04. The van der Waals surface area contributed by atoms with E-state index in [-0.39, 0.29) is 0 Å². The molecule has 0 saturated heterocycles. The third kappa shape index (κ3) is 3.35. The van der Waals surface area contributed by atoms with E-state index in [0.717, 1.165) is 38.7 Å². The Bertz CT molecular complexity index is 1240. The van der Waals surface area contributed by atoms with Crippen LogP contribution in [-0.2, 0) is 7.05 Å². The summed E-state index contributed by atoms with van der Waals surface area (Å²) >= 11 is 0. The number of nitrogens with zero attached hydrogens (tertiary/aromatic N) is 1. The third-order valence-corrected chi connectivity index (χ3v) is 6.33. The second-order valence-corrected chi connectivity index (χ2v) is 9.06. The molecular formula is C27H32NO+. The lowest BCUT2D eigenvalue weighted by Gasteiger charge is -2.25. The monoisotopic (exact) mass is 387 g/mol. The molecule has 0 aliphatic carbocycles. The molecule has 0 atom stereocenters. The fourth-order valence-electron chi connectivity index (χ4n) is 4.95. The molecule has 4 aromatic rings. The molecule has 0 saturated carbocycles. The molecule has 0 aliphatic heterocycles. The Morgan fingerprint density at radius 1 is 0.931 bits per heavy atom. The Kier molecular flexibility index (Phi) is 4.66. The first-order chi connectivity index (χ1) is 14.2. The number of aromatic nitrogens is 1. The highest BCUT2D eigenvalue weighted by atomic mass is 16.3. The van der Waals surface area contributed by atoms with Gasteiger partial charge in [-0.3, -0.25) is 0 Å². The largest absolute Gasteiger partial charge is 0.464 e. The lowest BCUT2D eigenvalue weighted by Crippen LogP contribution is -2.35. The summed E-state index contributed by atoms with van der Waals surface area (Å²) < 4.78 is 16.7. The molecular weight excluding hydrogens is 354 g/mol. The van der Waals surface area contributed by atoms with Crippen molar-refractivity contribution < 1.29 is 10.4 Å². The van der Waals surface area contributed by atoms with Crippen LogP contribution in [0.1, 0.15) is 51.8 Å². The average molecular weight is 388 g/mol. The quantitative estimate of drug-likeness (QED) is 0.342. The van der Waals surface area contributed by atoms with E-state index in [1.807, 2.05) is 13.0 Å². The predicted octanol–water partition coefficient (Wildman–Crippen LogP) is 7.09. The first kappa shape index (κ1) is 18.4. The molecule has 2 aromatic carbocycles. The van der Waals surface area contributed by atoms with Gasteiger partial charge in [-0.15, -0.1) is 0 Å². The number of pyridine rings is 1. The Morgan fingerprint density at radius 2 is 1.66 bits per heavy atom. The molecule has 0 N–H and O–H groups in total. The third-order valence-electron chi connectivity index (χ3n) is 6.33. The molecule has 0 unspecified atom stereocenters. The van der Waals surface area contributed by atoms with Gasteiger partial charge in [-0.2, -0.15) is 4.57 Å². The molecule has 0 radical (unpaired) electrons. The molecule has 0 spiro atoms. The highest BCUT2D eigenvalue weighted by molar-refractivity contribution is 5.96. The summed E-state index contributed by atoms with van der Waals surface area (Å²) in [5.74, 6) is 1.59. The summed E-state index contributed by atoms with van der Waals surface area (Å²) in [5.41, 5.74) is 6.71. The van der Waals surface area contributed by atoms with Crippen molar-refractivity contribution in [3.05, 3.63) is 65.5 Å². The van der Waals surface area contributed by atoms with E-state index in [4.69, 9.17) is 5.79 Å². The van der Waals surface area contributed by atoms with Crippen molar-refractivity contribution in [3.63, 3.8) is 0 Å². The topological polar surface area (TPSA) is 17.0 Å². The molecule has 0 bridgehead atoms. The summed E-state index contributed by atoms with van der Waals surface area (Å²) in [7, 11) is 2.06. The van der Waals surface area contributed by atoms with Crippen LogP contribution in [0.5, 0.6) is 0 Å². The lowest BCUT2D eigenvalue weighted by atomic mass is 9.79. The van der Waals surface area contributed by atoms with E-state index in [1.54, 1.807) is 6.26 Å². The maximum Gasteiger partial charge on any atom is 0.220 e. The van der Waals surface area contributed by atoms with Gasteiger partial charge in [-0.05, 0) is 65.5 Å². The van der Waals surface area contributed by atoms with Crippen LogP contribution < -0.4 is 4.57 Å². The lowest BCUT2D eigenvalue weighted by molar-refractivity contribution is -0.665. The van der Waals surface area contributed by atoms with Gasteiger partial charge in [0.1, 0.15) is 12.6 Å². The maximum atomic E-state index is 8.86. The van der Waals surface area contributed by atoms with E-state index in [2.05, 4.69) is 76.6 Å². The van der Waals surface area contributed by atoms with Crippen molar-refractivity contribution in [2.75, 3.05) is 0 Å². The molecule has 29 heavy (non-hydrogen) atoms. The number of rotatable bonds is 4. The van der Waals surface area contributed by atoms with Crippen LogP contribution in [0.25, 0.3) is 33.0 Å². The molecule has 0 amide bonds. The van der Waals surface area contributed by atoms with Crippen LogP contribution in [0.3, 0.4) is 0 Å². The summed E-state index contributed by atoms with van der Waals surface area (Å²) in [4.78, 5) is 0. The summed E-state index contributed by atoms with van der Waals surface area (Å²) in [6.07, 6.45) is 1.74. The van der Waals surface area contributed by atoms with Crippen molar-refractivity contribution in [2.24, 2.45) is 18.9 Å². The van der Waals surface area contributed by atoms with E-state index in [9.17, 15) is 0 Å². The second kappa shape index (κ2) is 7.33. The van der Waals surface area contributed by atoms with Gasteiger partial charge in [-0.1, -0.05) is 39.8 Å². The van der Waals surface area contributed by atoms with Crippen LogP contribution in [0, 0.1) is 25.7 Å². The van der Waals surface area contributed by atoms with E-state index in [1.165, 1.54) is 11.1 Å². The fourth-order valence-corrected chi connectivity index (χ4v) is 4.95. The second-order valence-electron chi connectivity index (χ2n) is 9.06. The number of fused-ring (bicyclic) bond motifs is 2. The molecule has 4 rings (SSSR count). The molecule has 2 aromatic heterocycles.